The number of carboxylic acids is 1. The van der Waals surface area contributed by atoms with Crippen molar-refractivity contribution in [2.24, 2.45) is 0 Å². The summed E-state index contributed by atoms with van der Waals surface area (Å²) in [5.74, 6) is -3.25. The Kier molecular flexibility index (Phi) is 49.5. The molecule has 79 heavy (non-hydrogen) atoms. The number of aliphatic hydroxyl groups excluding tert-OH is 2. The number of unbranched alkanes of at least 4 members (excludes halogenated alkanes) is 19. The Balaban J connectivity index is 2.71. The van der Waals surface area contributed by atoms with Crippen LogP contribution in [-0.2, 0) is 42.9 Å². The van der Waals surface area contributed by atoms with E-state index in [9.17, 15) is 34.5 Å². The number of hydrogen-bond donors (Lipinski definition) is 3. The highest BCUT2D eigenvalue weighted by molar-refractivity contribution is 5.74. The highest BCUT2D eigenvalue weighted by Crippen LogP contribution is 2.26. The first-order valence-corrected chi connectivity index (χ1v) is 30.9. The molecule has 0 saturated carbocycles. The average molecular weight is 1110 g/mol. The fraction of sp³-hybridized carbons (Fsp3) is 0.672. The van der Waals surface area contributed by atoms with E-state index < -0.39 is 67.3 Å². The number of rotatable bonds is 51. The van der Waals surface area contributed by atoms with Gasteiger partial charge in [-0.2, -0.15) is 0 Å². The van der Waals surface area contributed by atoms with E-state index in [1.54, 1.807) is 0 Å². The topological polar surface area (TPSA) is 175 Å². The molecule has 12 heteroatoms. The van der Waals surface area contributed by atoms with Gasteiger partial charge in [-0.05, 0) is 116 Å². The van der Waals surface area contributed by atoms with E-state index in [-0.39, 0.29) is 25.9 Å². The zero-order valence-electron chi connectivity index (χ0n) is 49.3. The SMILES string of the molecule is CC/C=C\C/C=C\C/C=C\C/C=C\C/C=C\CCCC(=O)OCC(COC1OC(C(=O)O)C(O)C(O)C1OC(=O)CCCCCCCCCCC/C=C\CCCCCCCC)OC(=O)CCCCC/C=C\C/C=C\C/C=C\CC. The summed E-state index contributed by atoms with van der Waals surface area (Å²) < 4.78 is 28.4. The van der Waals surface area contributed by atoms with Gasteiger partial charge in [0.1, 0.15) is 18.8 Å². The monoisotopic (exact) mass is 1100 g/mol. The smallest absolute Gasteiger partial charge is 0.335 e. The maximum absolute atomic E-state index is 13.1. The van der Waals surface area contributed by atoms with Crippen LogP contribution in [0.5, 0.6) is 0 Å². The fourth-order valence-electron chi connectivity index (χ4n) is 8.65. The Morgan fingerprint density at radius 1 is 0.430 bits per heavy atom. The molecule has 1 rings (SSSR count). The molecule has 0 aliphatic carbocycles. The quantitative estimate of drug-likeness (QED) is 0.0228. The van der Waals surface area contributed by atoms with E-state index in [4.69, 9.17) is 23.7 Å². The summed E-state index contributed by atoms with van der Waals surface area (Å²) in [6, 6.07) is 0. The van der Waals surface area contributed by atoms with Crippen LogP contribution in [0, 0.1) is 0 Å². The first-order chi connectivity index (χ1) is 38.6. The molecule has 6 atom stereocenters. The zero-order valence-corrected chi connectivity index (χ0v) is 49.3. The van der Waals surface area contributed by atoms with Gasteiger partial charge < -0.3 is 39.0 Å². The van der Waals surface area contributed by atoms with Crippen LogP contribution in [0.4, 0.5) is 0 Å². The average Bonchev–Trinajstić information content (AvgIpc) is 3.47. The van der Waals surface area contributed by atoms with Gasteiger partial charge in [0.15, 0.2) is 24.6 Å². The molecular formula is C67H108O12. The molecule has 0 bridgehead atoms. The molecular weight excluding hydrogens is 997 g/mol. The first kappa shape index (κ1) is 72.4. The predicted octanol–water partition coefficient (Wildman–Crippen LogP) is 16.2. The van der Waals surface area contributed by atoms with Gasteiger partial charge in [0, 0.05) is 19.3 Å². The van der Waals surface area contributed by atoms with Crippen molar-refractivity contribution in [2.45, 2.75) is 276 Å². The van der Waals surface area contributed by atoms with Crippen molar-refractivity contribution in [1.82, 2.24) is 0 Å². The van der Waals surface area contributed by atoms with Crippen molar-refractivity contribution in [1.29, 1.82) is 0 Å². The number of carbonyl (C=O) groups excluding carboxylic acids is 3. The summed E-state index contributed by atoms with van der Waals surface area (Å²) in [4.78, 5) is 51.2. The van der Waals surface area contributed by atoms with Gasteiger partial charge in [0.2, 0.25) is 0 Å². The van der Waals surface area contributed by atoms with Gasteiger partial charge >= 0.3 is 23.9 Å². The fourth-order valence-corrected chi connectivity index (χ4v) is 8.65. The third-order valence-corrected chi connectivity index (χ3v) is 13.3. The minimum absolute atomic E-state index is 0.0445. The molecule has 1 aliphatic rings. The molecule has 0 aromatic rings. The predicted molar refractivity (Wildman–Crippen MR) is 321 cm³/mol. The molecule has 1 fully saturated rings. The standard InChI is InChI=1S/C67H108O12/c1-4-7-10-13-16-19-22-25-27-29-30-32-34-37-40-43-46-49-52-55-61(70)78-65-63(72)62(71)64(66(73)74)79-67(65)76-57-58(77-60(69)54-51-48-45-42-39-35-24-21-18-15-12-9-6-3)56-75-59(68)53-50-47-44-41-38-36-33-31-28-26-23-20-17-14-11-8-5-2/h8-9,11-12,17-18,20-21,25-28,33,35-36,39,41,44,58,62-65,67,71-72H,4-7,10,13-16,19,22-24,29-32,34,37-38,40,42-43,45-57H2,1-3H3,(H,73,74)/b11-8-,12-9-,20-17-,21-18-,27-25-,28-26-,36-33-,39-35-,44-41-. The summed E-state index contributed by atoms with van der Waals surface area (Å²) in [6.45, 7) is 5.69. The number of carboxylic acid groups (broad SMARTS) is 1. The molecule has 6 unspecified atom stereocenters. The number of hydrogen-bond acceptors (Lipinski definition) is 11. The Labute approximate surface area is 478 Å². The molecule has 1 saturated heterocycles. The van der Waals surface area contributed by atoms with E-state index in [1.807, 2.05) is 6.08 Å². The summed E-state index contributed by atoms with van der Waals surface area (Å²) in [5, 5.41) is 31.5. The highest BCUT2D eigenvalue weighted by Gasteiger charge is 2.50. The Bertz CT molecular complexity index is 1790. The number of aliphatic carboxylic acids is 1. The van der Waals surface area contributed by atoms with Gasteiger partial charge in [0.25, 0.3) is 0 Å². The molecule has 0 radical (unpaired) electrons. The summed E-state index contributed by atoms with van der Waals surface area (Å²) in [7, 11) is 0. The van der Waals surface area contributed by atoms with Crippen LogP contribution in [-0.4, -0.2) is 89.2 Å². The summed E-state index contributed by atoms with van der Waals surface area (Å²) in [5.41, 5.74) is 0. The molecule has 448 valence electrons. The van der Waals surface area contributed by atoms with Crippen molar-refractivity contribution >= 4 is 23.9 Å². The minimum atomic E-state index is -1.92. The van der Waals surface area contributed by atoms with Crippen molar-refractivity contribution in [3.63, 3.8) is 0 Å². The van der Waals surface area contributed by atoms with Crippen molar-refractivity contribution in [3.05, 3.63) is 109 Å². The molecule has 1 aliphatic heterocycles. The number of esters is 3. The van der Waals surface area contributed by atoms with E-state index >= 15 is 0 Å². The number of aliphatic hydroxyl groups is 2. The van der Waals surface area contributed by atoms with Crippen molar-refractivity contribution < 1.29 is 58.2 Å². The van der Waals surface area contributed by atoms with Crippen LogP contribution in [0.3, 0.4) is 0 Å². The lowest BCUT2D eigenvalue weighted by Gasteiger charge is -2.40. The molecule has 0 aromatic carbocycles. The van der Waals surface area contributed by atoms with E-state index in [2.05, 4.69) is 124 Å². The van der Waals surface area contributed by atoms with Crippen molar-refractivity contribution in [3.8, 4) is 0 Å². The van der Waals surface area contributed by atoms with Gasteiger partial charge in [0.05, 0.1) is 6.61 Å². The van der Waals surface area contributed by atoms with Gasteiger partial charge in [-0.15, -0.1) is 0 Å². The number of carbonyl (C=O) groups is 4. The molecule has 0 aromatic heterocycles. The lowest BCUT2D eigenvalue weighted by Crippen LogP contribution is -2.61. The van der Waals surface area contributed by atoms with Crippen LogP contribution in [0.15, 0.2) is 109 Å². The molecule has 1 heterocycles. The Morgan fingerprint density at radius 2 is 0.810 bits per heavy atom. The molecule has 0 spiro atoms. The zero-order chi connectivity index (χ0) is 57.5. The largest absolute Gasteiger partial charge is 0.479 e. The number of allylic oxidation sites excluding steroid dienone is 18. The summed E-state index contributed by atoms with van der Waals surface area (Å²) in [6.07, 6.45) is 60.7. The van der Waals surface area contributed by atoms with Crippen LogP contribution in [0.2, 0.25) is 0 Å². The van der Waals surface area contributed by atoms with E-state index in [0.29, 0.717) is 25.7 Å². The number of ether oxygens (including phenoxy) is 5. The highest BCUT2D eigenvalue weighted by atomic mass is 16.7. The lowest BCUT2D eigenvalue weighted by atomic mass is 9.98. The lowest BCUT2D eigenvalue weighted by molar-refractivity contribution is -0.301. The Hall–Kier alpha value is -4.62. The van der Waals surface area contributed by atoms with Gasteiger partial charge in [-0.3, -0.25) is 14.4 Å². The van der Waals surface area contributed by atoms with Crippen LogP contribution < -0.4 is 0 Å². The third-order valence-electron chi connectivity index (χ3n) is 13.3. The molecule has 12 nitrogen and oxygen atoms in total. The van der Waals surface area contributed by atoms with Crippen molar-refractivity contribution in [2.75, 3.05) is 13.2 Å². The second kappa shape index (κ2) is 54.0. The minimum Gasteiger partial charge on any atom is -0.479 e. The normalized spacial score (nSPS) is 18.6. The van der Waals surface area contributed by atoms with Crippen LogP contribution >= 0.6 is 0 Å². The first-order valence-electron chi connectivity index (χ1n) is 30.9. The van der Waals surface area contributed by atoms with Gasteiger partial charge in [-0.1, -0.05) is 214 Å². The van der Waals surface area contributed by atoms with E-state index in [0.717, 1.165) is 103 Å². The third kappa shape index (κ3) is 43.8. The second-order valence-electron chi connectivity index (χ2n) is 20.6. The molecule has 0 amide bonds. The molecule has 3 N–H and O–H groups in total. The maximum Gasteiger partial charge on any atom is 0.335 e. The van der Waals surface area contributed by atoms with Crippen LogP contribution in [0.25, 0.3) is 0 Å². The Morgan fingerprint density at radius 3 is 1.28 bits per heavy atom. The maximum atomic E-state index is 13.1. The van der Waals surface area contributed by atoms with E-state index in [1.165, 1.54) is 70.6 Å². The van der Waals surface area contributed by atoms with Crippen LogP contribution in [0.1, 0.15) is 239 Å². The summed E-state index contributed by atoms with van der Waals surface area (Å²) >= 11 is 0. The second-order valence-corrected chi connectivity index (χ2v) is 20.6. The van der Waals surface area contributed by atoms with Gasteiger partial charge in [-0.25, -0.2) is 4.79 Å².